The van der Waals surface area contributed by atoms with Crippen LogP contribution in [0.25, 0.3) is 11.0 Å². The SMILES string of the molecule is COc1ccc(CN2CC(c3nc4ccccc4n3CCCCOc3ccc(Cl)c(C)c3)CC2=O)cc1. The minimum atomic E-state index is 0.0754. The lowest BCUT2D eigenvalue weighted by Crippen LogP contribution is -2.24. The predicted octanol–water partition coefficient (Wildman–Crippen LogP) is 6.38. The number of hydrogen-bond acceptors (Lipinski definition) is 4. The molecule has 0 radical (unpaired) electrons. The molecule has 192 valence electrons. The number of amides is 1. The van der Waals surface area contributed by atoms with Crippen LogP contribution in [0.5, 0.6) is 11.5 Å². The molecule has 0 spiro atoms. The fourth-order valence-corrected chi connectivity index (χ4v) is 5.08. The van der Waals surface area contributed by atoms with Crippen molar-refractivity contribution in [3.8, 4) is 11.5 Å². The topological polar surface area (TPSA) is 56.6 Å². The summed E-state index contributed by atoms with van der Waals surface area (Å²) in [5.41, 5.74) is 4.21. The highest BCUT2D eigenvalue weighted by atomic mass is 35.5. The average molecular weight is 518 g/mol. The summed E-state index contributed by atoms with van der Waals surface area (Å²) in [4.78, 5) is 19.9. The van der Waals surface area contributed by atoms with Crippen molar-refractivity contribution in [2.45, 2.75) is 45.2 Å². The quantitative estimate of drug-likeness (QED) is 0.229. The first-order chi connectivity index (χ1) is 18.0. The second-order valence-electron chi connectivity index (χ2n) is 9.60. The molecule has 1 aromatic heterocycles. The van der Waals surface area contributed by atoms with E-state index in [0.717, 1.165) is 63.9 Å². The molecule has 0 N–H and O–H groups in total. The lowest BCUT2D eigenvalue weighted by Gasteiger charge is -2.18. The highest BCUT2D eigenvalue weighted by molar-refractivity contribution is 6.31. The van der Waals surface area contributed by atoms with Gasteiger partial charge in [-0.2, -0.15) is 0 Å². The second-order valence-corrected chi connectivity index (χ2v) is 10.0. The molecule has 0 bridgehead atoms. The summed E-state index contributed by atoms with van der Waals surface area (Å²) in [6.45, 7) is 4.73. The summed E-state index contributed by atoms with van der Waals surface area (Å²) in [6, 6.07) is 21.9. The van der Waals surface area contributed by atoms with Crippen molar-refractivity contribution in [2.75, 3.05) is 20.3 Å². The van der Waals surface area contributed by atoms with Gasteiger partial charge in [0.15, 0.2) is 0 Å². The number of para-hydroxylation sites is 2. The van der Waals surface area contributed by atoms with E-state index in [2.05, 4.69) is 10.6 Å². The number of halogens is 1. The Balaban J connectivity index is 1.24. The van der Waals surface area contributed by atoms with Crippen LogP contribution < -0.4 is 9.47 Å². The van der Waals surface area contributed by atoms with Crippen LogP contribution in [0.2, 0.25) is 5.02 Å². The summed E-state index contributed by atoms with van der Waals surface area (Å²) >= 11 is 6.11. The number of aromatic nitrogens is 2. The first-order valence-electron chi connectivity index (χ1n) is 12.8. The number of carbonyl (C=O) groups is 1. The van der Waals surface area contributed by atoms with E-state index >= 15 is 0 Å². The molecule has 2 heterocycles. The highest BCUT2D eigenvalue weighted by Gasteiger charge is 2.33. The van der Waals surface area contributed by atoms with E-state index in [-0.39, 0.29) is 11.8 Å². The molecule has 1 aliphatic rings. The molecular formula is C30H32ClN3O3. The number of benzene rings is 3. The maximum atomic E-state index is 12.9. The summed E-state index contributed by atoms with van der Waals surface area (Å²) in [5, 5.41) is 0.750. The number of carbonyl (C=O) groups excluding carboxylic acids is 1. The molecule has 1 saturated heterocycles. The molecule has 0 saturated carbocycles. The molecule has 4 aromatic rings. The maximum Gasteiger partial charge on any atom is 0.223 e. The molecule has 3 aromatic carbocycles. The van der Waals surface area contributed by atoms with Crippen molar-refractivity contribution < 1.29 is 14.3 Å². The van der Waals surface area contributed by atoms with Gasteiger partial charge in [0.05, 0.1) is 24.8 Å². The smallest absolute Gasteiger partial charge is 0.223 e. The molecule has 0 aliphatic carbocycles. The van der Waals surface area contributed by atoms with Crippen LogP contribution in [0.3, 0.4) is 0 Å². The molecular weight excluding hydrogens is 486 g/mol. The normalized spacial score (nSPS) is 15.5. The zero-order valence-corrected chi connectivity index (χ0v) is 22.1. The molecule has 1 aliphatic heterocycles. The lowest BCUT2D eigenvalue weighted by atomic mass is 10.1. The summed E-state index contributed by atoms with van der Waals surface area (Å²) in [6.07, 6.45) is 2.36. The third-order valence-corrected chi connectivity index (χ3v) is 7.39. The summed E-state index contributed by atoms with van der Waals surface area (Å²) < 4.78 is 13.5. The van der Waals surface area contributed by atoms with Gasteiger partial charge in [-0.25, -0.2) is 4.98 Å². The van der Waals surface area contributed by atoms with Crippen molar-refractivity contribution in [3.63, 3.8) is 0 Å². The molecule has 1 atom stereocenters. The lowest BCUT2D eigenvalue weighted by molar-refractivity contribution is -0.128. The minimum absolute atomic E-state index is 0.0754. The van der Waals surface area contributed by atoms with Gasteiger partial charge < -0.3 is 18.9 Å². The fourth-order valence-electron chi connectivity index (χ4n) is 4.96. The monoisotopic (exact) mass is 517 g/mol. The van der Waals surface area contributed by atoms with Gasteiger partial charge in [-0.15, -0.1) is 0 Å². The van der Waals surface area contributed by atoms with E-state index in [1.807, 2.05) is 72.5 Å². The van der Waals surface area contributed by atoms with E-state index in [9.17, 15) is 4.79 Å². The third-order valence-electron chi connectivity index (χ3n) is 6.97. The van der Waals surface area contributed by atoms with Gasteiger partial charge in [-0.05, 0) is 73.4 Å². The Morgan fingerprint density at radius 2 is 1.81 bits per heavy atom. The van der Waals surface area contributed by atoms with Crippen LogP contribution in [0.15, 0.2) is 66.7 Å². The van der Waals surface area contributed by atoms with Gasteiger partial charge in [0.2, 0.25) is 5.91 Å². The molecule has 5 rings (SSSR count). The zero-order valence-electron chi connectivity index (χ0n) is 21.3. The molecule has 6 nitrogen and oxygen atoms in total. The molecule has 1 unspecified atom stereocenters. The standard InChI is InChI=1S/C30H32ClN3O3/c1-21-17-25(13-14-26(21)31)37-16-6-5-15-34-28-8-4-3-7-27(28)32-30(34)23-18-29(35)33(20-23)19-22-9-11-24(36-2)12-10-22/h3-4,7-14,17,23H,5-6,15-16,18-20H2,1-2H3. The van der Waals surface area contributed by atoms with E-state index in [4.69, 9.17) is 26.1 Å². The van der Waals surface area contributed by atoms with Gasteiger partial charge in [-0.3, -0.25) is 4.79 Å². The van der Waals surface area contributed by atoms with E-state index in [1.165, 1.54) is 0 Å². The number of aryl methyl sites for hydroxylation is 2. The number of likely N-dealkylation sites (tertiary alicyclic amines) is 1. The number of ether oxygens (including phenoxy) is 2. The minimum Gasteiger partial charge on any atom is -0.497 e. The van der Waals surface area contributed by atoms with Gasteiger partial charge in [0.25, 0.3) is 0 Å². The van der Waals surface area contributed by atoms with Crippen molar-refractivity contribution >= 4 is 28.5 Å². The number of methoxy groups -OCH3 is 1. The second kappa shape index (κ2) is 11.3. The van der Waals surface area contributed by atoms with E-state index in [1.54, 1.807) is 7.11 Å². The zero-order chi connectivity index (χ0) is 25.8. The summed E-state index contributed by atoms with van der Waals surface area (Å²) in [7, 11) is 1.66. The van der Waals surface area contributed by atoms with Crippen LogP contribution in [0.4, 0.5) is 0 Å². The number of imidazole rings is 1. The van der Waals surface area contributed by atoms with Crippen molar-refractivity contribution in [1.82, 2.24) is 14.5 Å². The fraction of sp³-hybridized carbons (Fsp3) is 0.333. The predicted molar refractivity (Wildman–Crippen MR) is 146 cm³/mol. The Labute approximate surface area is 222 Å². The number of rotatable bonds is 10. The number of hydrogen-bond donors (Lipinski definition) is 0. The van der Waals surface area contributed by atoms with Gasteiger partial charge in [0.1, 0.15) is 17.3 Å². The Morgan fingerprint density at radius 3 is 2.59 bits per heavy atom. The Kier molecular flexibility index (Phi) is 7.65. The van der Waals surface area contributed by atoms with Crippen molar-refractivity contribution in [1.29, 1.82) is 0 Å². The first-order valence-corrected chi connectivity index (χ1v) is 13.1. The van der Waals surface area contributed by atoms with Gasteiger partial charge >= 0.3 is 0 Å². The molecule has 7 heteroatoms. The van der Waals surface area contributed by atoms with E-state index in [0.29, 0.717) is 26.1 Å². The highest BCUT2D eigenvalue weighted by Crippen LogP contribution is 2.32. The number of unbranched alkanes of at least 4 members (excludes halogenated alkanes) is 1. The van der Waals surface area contributed by atoms with Crippen LogP contribution in [-0.2, 0) is 17.9 Å². The first kappa shape index (κ1) is 25.2. The Hall–Kier alpha value is -3.51. The largest absolute Gasteiger partial charge is 0.497 e. The van der Waals surface area contributed by atoms with E-state index < -0.39 is 0 Å². The van der Waals surface area contributed by atoms with Crippen LogP contribution in [0.1, 0.15) is 42.1 Å². The molecule has 37 heavy (non-hydrogen) atoms. The van der Waals surface area contributed by atoms with Crippen LogP contribution >= 0.6 is 11.6 Å². The van der Waals surface area contributed by atoms with Crippen LogP contribution in [0, 0.1) is 6.92 Å². The number of fused-ring (bicyclic) bond motifs is 1. The van der Waals surface area contributed by atoms with Crippen LogP contribution in [-0.4, -0.2) is 40.6 Å². The Bertz CT molecular complexity index is 1380. The van der Waals surface area contributed by atoms with Gasteiger partial charge in [0, 0.05) is 37.0 Å². The maximum absolute atomic E-state index is 12.9. The molecule has 1 amide bonds. The van der Waals surface area contributed by atoms with Crippen molar-refractivity contribution in [3.05, 3.63) is 88.7 Å². The number of nitrogens with zero attached hydrogens (tertiary/aromatic N) is 3. The third kappa shape index (κ3) is 5.75. The Morgan fingerprint density at radius 1 is 1.03 bits per heavy atom. The summed E-state index contributed by atoms with van der Waals surface area (Å²) in [5.74, 6) is 2.91. The van der Waals surface area contributed by atoms with Gasteiger partial charge in [-0.1, -0.05) is 35.9 Å². The van der Waals surface area contributed by atoms with Crippen molar-refractivity contribution in [2.24, 2.45) is 0 Å². The average Bonchev–Trinajstić information content (AvgIpc) is 3.46. The molecule has 1 fully saturated rings.